The molecule has 0 saturated heterocycles. The van der Waals surface area contributed by atoms with Gasteiger partial charge in [0.1, 0.15) is 34.3 Å². The third kappa shape index (κ3) is 19.2. The maximum Gasteiger partial charge on any atom is 0.329 e. The standard InChI is InChI=1S/4C22H19FN4O2.4CH4/c1-26-20-16(23)5-4-8-19(20)27(22(26)29)13-14-9-11-15(12-10-14)21(28)25-18-7-3-2-6-17(18)24;1-26-19-8-4-5-16(23)20(19)27(22(26)29)13-14-9-11-15(12-10-14)21(28)25-18-7-3-2-6-17(18)24;1-26-20-12-16(23)10-11-19(20)27(22(26)29)13-14-6-8-15(9-7-14)21(28)25-18-5-3-2-4-17(18)24;1-26-19-11-10-16(23)12-20(19)27(22(26)29)13-14-6-8-15(9-7-14)21(28)25-18-5-3-2-4-17(18)24;;;;/h4*2-12H,13,24H2,1H3,(H,25,28);4*1H4. The molecule has 0 spiro atoms. The van der Waals surface area contributed by atoms with Crippen LogP contribution in [0.15, 0.2) is 286 Å². The minimum absolute atomic E-state index is 0. The minimum atomic E-state index is -0.448. The molecule has 28 heteroatoms. The number of aromatic nitrogens is 8. The number of hydrogen-bond acceptors (Lipinski definition) is 12. The molecule has 0 radical (unpaired) electrons. The number of nitrogens with two attached hydrogens (primary N) is 4. The Morgan fingerprint density at radius 1 is 0.275 bits per heavy atom. The molecule has 0 bridgehead atoms. The molecular weight excluding hydrogens is 1530 g/mol. The molecule has 4 heterocycles. The Balaban J connectivity index is 0.000000180. The van der Waals surface area contributed by atoms with Crippen molar-refractivity contribution < 1.29 is 36.7 Å². The van der Waals surface area contributed by atoms with Gasteiger partial charge in [0.2, 0.25) is 0 Å². The van der Waals surface area contributed by atoms with Crippen LogP contribution in [0.1, 0.15) is 93.4 Å². The summed E-state index contributed by atoms with van der Waals surface area (Å²) in [6.45, 7) is 1.06. The highest BCUT2D eigenvalue weighted by Gasteiger charge is 2.21. The Morgan fingerprint density at radius 3 is 0.917 bits per heavy atom. The lowest BCUT2D eigenvalue weighted by molar-refractivity contribution is 0.101. The first kappa shape index (κ1) is 88.5. The molecule has 0 saturated carbocycles. The molecule has 24 nitrogen and oxygen atoms in total. The van der Waals surface area contributed by atoms with Crippen molar-refractivity contribution in [2.75, 3.05) is 44.2 Å². The van der Waals surface area contributed by atoms with Gasteiger partial charge in [-0.1, -0.05) is 139 Å². The summed E-state index contributed by atoms with van der Waals surface area (Å²) < 4.78 is 67.2. The number of amides is 4. The number of benzene rings is 12. The molecule has 0 aliphatic rings. The Bertz CT molecular complexity index is 6580. The number of nitrogen functional groups attached to an aromatic ring is 4. The second-order valence-corrected chi connectivity index (χ2v) is 27.1. The maximum absolute atomic E-state index is 14.3. The molecular formula is C92H92F4N16O8. The molecule has 4 aromatic heterocycles. The second kappa shape index (κ2) is 38.3. The molecule has 12 N–H and O–H groups in total. The quantitative estimate of drug-likeness (QED) is 0.0331. The van der Waals surface area contributed by atoms with Crippen LogP contribution in [0.4, 0.5) is 63.1 Å². The van der Waals surface area contributed by atoms with Gasteiger partial charge in [0.05, 0.1) is 105 Å². The number of halogens is 4. The normalized spacial score (nSPS) is 10.6. The zero-order valence-electron chi connectivity index (χ0n) is 62.9. The first-order valence-electron chi connectivity index (χ1n) is 36.1. The van der Waals surface area contributed by atoms with E-state index in [1.54, 1.807) is 263 Å². The number of nitrogens with zero attached hydrogens (tertiary/aromatic N) is 8. The summed E-state index contributed by atoms with van der Waals surface area (Å²) in [6, 6.07) is 73.5. The monoisotopic (exact) mass is 1620 g/mol. The fraction of sp³-hybridized carbons (Fsp3) is 0.130. The van der Waals surface area contributed by atoms with E-state index in [4.69, 9.17) is 22.9 Å². The van der Waals surface area contributed by atoms with Crippen molar-refractivity contribution >= 4 is 113 Å². The van der Waals surface area contributed by atoms with Crippen LogP contribution in [-0.2, 0) is 54.4 Å². The summed E-state index contributed by atoms with van der Waals surface area (Å²) in [7, 11) is 6.43. The van der Waals surface area contributed by atoms with Crippen molar-refractivity contribution in [2.24, 2.45) is 28.2 Å². The summed E-state index contributed by atoms with van der Waals surface area (Å²) in [5.74, 6) is -2.79. The molecule has 0 aliphatic heterocycles. The summed E-state index contributed by atoms with van der Waals surface area (Å²) in [5.41, 5.74) is 35.6. The SMILES string of the molecule is C.C.C.C.Cn1c(=O)n(Cc2ccc(C(=O)Nc3ccccc3N)cc2)c2c(F)cccc21.Cn1c(=O)n(Cc2ccc(C(=O)Nc3ccccc3N)cc2)c2cc(F)ccc21.Cn1c(=O)n(Cc2ccc(C(=O)Nc3ccccc3N)cc2)c2ccc(F)cc21.Cn1c(=O)n(Cc2ccc(C(=O)Nc3ccccc3N)cc2)c2cccc(F)c21. The number of carbonyl (C=O) groups excluding carboxylic acids is 4. The number of rotatable bonds is 16. The van der Waals surface area contributed by atoms with E-state index >= 15 is 0 Å². The van der Waals surface area contributed by atoms with E-state index in [1.807, 2.05) is 0 Å². The van der Waals surface area contributed by atoms with E-state index in [0.717, 1.165) is 22.3 Å². The number of para-hydroxylation sites is 10. The van der Waals surface area contributed by atoms with Gasteiger partial charge in [0.15, 0.2) is 0 Å². The van der Waals surface area contributed by atoms with Crippen molar-refractivity contribution in [1.82, 2.24) is 36.5 Å². The van der Waals surface area contributed by atoms with E-state index < -0.39 is 17.5 Å². The first-order chi connectivity index (χ1) is 55.8. The van der Waals surface area contributed by atoms with Crippen molar-refractivity contribution in [3.8, 4) is 0 Å². The second-order valence-electron chi connectivity index (χ2n) is 27.1. The first-order valence-corrected chi connectivity index (χ1v) is 36.1. The van der Waals surface area contributed by atoms with Crippen LogP contribution in [0.3, 0.4) is 0 Å². The van der Waals surface area contributed by atoms with Gasteiger partial charge in [-0.25, -0.2) is 36.7 Å². The molecule has 0 unspecified atom stereocenters. The van der Waals surface area contributed by atoms with Crippen LogP contribution in [-0.4, -0.2) is 60.2 Å². The van der Waals surface area contributed by atoms with Crippen LogP contribution < -0.4 is 67.0 Å². The van der Waals surface area contributed by atoms with Crippen LogP contribution in [0, 0.1) is 23.3 Å². The zero-order chi connectivity index (χ0) is 82.2. The number of aryl methyl sites for hydroxylation is 4. The lowest BCUT2D eigenvalue weighted by Crippen LogP contribution is -2.23. The minimum Gasteiger partial charge on any atom is -0.397 e. The predicted octanol–water partition coefficient (Wildman–Crippen LogP) is 16.0. The number of carbonyl (C=O) groups is 4. The molecule has 16 rings (SSSR count). The Hall–Kier alpha value is -15.5. The summed E-state index contributed by atoms with van der Waals surface area (Å²) in [6.07, 6.45) is 0. The molecule has 0 atom stereocenters. The molecule has 616 valence electrons. The molecule has 120 heavy (non-hydrogen) atoms. The number of imidazole rings is 4. The van der Waals surface area contributed by atoms with Gasteiger partial charge in [-0.2, -0.15) is 0 Å². The summed E-state index contributed by atoms with van der Waals surface area (Å²) in [5, 5.41) is 11.1. The Morgan fingerprint density at radius 2 is 0.550 bits per heavy atom. The topological polar surface area (TPSA) is 328 Å². The number of nitrogens with one attached hydrogen (secondary N) is 4. The molecule has 4 amide bonds. The molecule has 12 aromatic carbocycles. The van der Waals surface area contributed by atoms with E-state index in [-0.39, 0.29) is 113 Å². The smallest absolute Gasteiger partial charge is 0.329 e. The van der Waals surface area contributed by atoms with Crippen LogP contribution >= 0.6 is 0 Å². The maximum atomic E-state index is 14.3. The predicted molar refractivity (Wildman–Crippen MR) is 473 cm³/mol. The van der Waals surface area contributed by atoms with Crippen molar-refractivity contribution in [1.29, 1.82) is 0 Å². The van der Waals surface area contributed by atoms with Gasteiger partial charge in [-0.05, 0) is 180 Å². The summed E-state index contributed by atoms with van der Waals surface area (Å²) in [4.78, 5) is 99.9. The van der Waals surface area contributed by atoms with E-state index in [0.29, 0.717) is 107 Å². The van der Waals surface area contributed by atoms with Crippen molar-refractivity contribution in [3.05, 3.63) is 377 Å². The van der Waals surface area contributed by atoms with Gasteiger partial charge in [-0.3, -0.25) is 55.7 Å². The number of anilines is 8. The lowest BCUT2D eigenvalue weighted by Gasteiger charge is -2.09. The van der Waals surface area contributed by atoms with E-state index in [9.17, 15) is 55.9 Å². The average Bonchev–Trinajstić information content (AvgIpc) is 1.62. The highest BCUT2D eigenvalue weighted by molar-refractivity contribution is 6.08. The fourth-order valence-corrected chi connectivity index (χ4v) is 13.2. The van der Waals surface area contributed by atoms with Crippen LogP contribution in [0.25, 0.3) is 44.1 Å². The third-order valence-corrected chi connectivity index (χ3v) is 19.5. The summed E-state index contributed by atoms with van der Waals surface area (Å²) >= 11 is 0. The number of fused-ring (bicyclic) bond motifs is 4. The largest absolute Gasteiger partial charge is 0.397 e. The highest BCUT2D eigenvalue weighted by Crippen LogP contribution is 2.26. The third-order valence-electron chi connectivity index (χ3n) is 19.5. The van der Waals surface area contributed by atoms with E-state index in [2.05, 4.69) is 21.3 Å². The van der Waals surface area contributed by atoms with Crippen LogP contribution in [0.5, 0.6) is 0 Å². The van der Waals surface area contributed by atoms with Gasteiger partial charge in [0.25, 0.3) is 23.6 Å². The molecule has 16 aromatic rings. The molecule has 0 aliphatic carbocycles. The average molecular weight is 1630 g/mol. The van der Waals surface area contributed by atoms with Gasteiger partial charge < -0.3 is 44.2 Å². The Labute approximate surface area is 688 Å². The highest BCUT2D eigenvalue weighted by atomic mass is 19.1. The van der Waals surface area contributed by atoms with Crippen molar-refractivity contribution in [3.63, 3.8) is 0 Å². The van der Waals surface area contributed by atoms with Gasteiger partial charge >= 0.3 is 22.8 Å². The Kier molecular flexibility index (Phi) is 28.2. The van der Waals surface area contributed by atoms with E-state index in [1.165, 1.54) is 68.4 Å². The number of hydrogen-bond donors (Lipinski definition) is 8. The fourth-order valence-electron chi connectivity index (χ4n) is 13.2. The van der Waals surface area contributed by atoms with Gasteiger partial charge in [-0.15, -0.1) is 0 Å². The van der Waals surface area contributed by atoms with Crippen LogP contribution in [0.2, 0.25) is 0 Å². The molecule has 0 fully saturated rings. The lowest BCUT2D eigenvalue weighted by atomic mass is 10.1. The van der Waals surface area contributed by atoms with Gasteiger partial charge in [0, 0.05) is 50.4 Å². The van der Waals surface area contributed by atoms with Crippen molar-refractivity contribution in [2.45, 2.75) is 55.9 Å². The zero-order valence-corrected chi connectivity index (χ0v) is 62.9.